The maximum atomic E-state index is 4.55. The lowest BCUT2D eigenvalue weighted by atomic mass is 10.1. The highest BCUT2D eigenvalue weighted by molar-refractivity contribution is 5.40. The molecule has 116 valence electrons. The molecule has 0 spiro atoms. The minimum atomic E-state index is 0.419. The van der Waals surface area contributed by atoms with E-state index in [9.17, 15) is 0 Å². The standard InChI is InChI=1S/C16H22N6/c1-11-4-7-17-16(19-11)21-14-5-8-22(9-6-14)15-10-12(2)18-13(3)20-15/h4,7,10,14H,5-6,8-9H2,1-3H3,(H,17,19,21). The lowest BCUT2D eigenvalue weighted by molar-refractivity contribution is 0.520. The number of anilines is 2. The van der Waals surface area contributed by atoms with Crippen LogP contribution in [0.4, 0.5) is 11.8 Å². The summed E-state index contributed by atoms with van der Waals surface area (Å²) in [5.74, 6) is 2.60. The predicted octanol–water partition coefficient (Wildman–Crippen LogP) is 2.27. The van der Waals surface area contributed by atoms with Gasteiger partial charge in [0.05, 0.1) is 0 Å². The molecule has 22 heavy (non-hydrogen) atoms. The third-order valence-electron chi connectivity index (χ3n) is 3.90. The number of piperidine rings is 1. The molecule has 0 bridgehead atoms. The van der Waals surface area contributed by atoms with Gasteiger partial charge in [0.2, 0.25) is 5.95 Å². The van der Waals surface area contributed by atoms with Crippen LogP contribution in [0.25, 0.3) is 0 Å². The molecule has 1 N–H and O–H groups in total. The Kier molecular flexibility index (Phi) is 4.18. The van der Waals surface area contributed by atoms with Crippen molar-refractivity contribution in [2.24, 2.45) is 0 Å². The van der Waals surface area contributed by atoms with Crippen molar-refractivity contribution >= 4 is 11.8 Å². The largest absolute Gasteiger partial charge is 0.356 e. The molecule has 0 radical (unpaired) electrons. The van der Waals surface area contributed by atoms with Crippen LogP contribution in [0.15, 0.2) is 18.3 Å². The van der Waals surface area contributed by atoms with Gasteiger partial charge >= 0.3 is 0 Å². The van der Waals surface area contributed by atoms with Crippen LogP contribution in [0.2, 0.25) is 0 Å². The van der Waals surface area contributed by atoms with E-state index in [1.165, 1.54) is 0 Å². The number of nitrogens with one attached hydrogen (secondary N) is 1. The van der Waals surface area contributed by atoms with Gasteiger partial charge in [-0.1, -0.05) is 0 Å². The molecule has 2 aromatic heterocycles. The summed E-state index contributed by atoms with van der Waals surface area (Å²) in [7, 11) is 0. The summed E-state index contributed by atoms with van der Waals surface area (Å²) < 4.78 is 0. The molecular weight excluding hydrogens is 276 g/mol. The maximum absolute atomic E-state index is 4.55. The molecule has 0 unspecified atom stereocenters. The monoisotopic (exact) mass is 298 g/mol. The van der Waals surface area contributed by atoms with Gasteiger partial charge < -0.3 is 10.2 Å². The van der Waals surface area contributed by atoms with E-state index < -0.39 is 0 Å². The lowest BCUT2D eigenvalue weighted by Gasteiger charge is -2.33. The van der Waals surface area contributed by atoms with Crippen molar-refractivity contribution in [1.82, 2.24) is 19.9 Å². The van der Waals surface area contributed by atoms with E-state index in [0.29, 0.717) is 6.04 Å². The molecule has 3 heterocycles. The van der Waals surface area contributed by atoms with Gasteiger partial charge in [-0.3, -0.25) is 0 Å². The molecular formula is C16H22N6. The van der Waals surface area contributed by atoms with Gasteiger partial charge in [-0.05, 0) is 39.7 Å². The highest BCUT2D eigenvalue weighted by Gasteiger charge is 2.21. The number of nitrogens with zero attached hydrogens (tertiary/aromatic N) is 5. The van der Waals surface area contributed by atoms with Crippen LogP contribution in [0, 0.1) is 20.8 Å². The second kappa shape index (κ2) is 6.25. The minimum Gasteiger partial charge on any atom is -0.356 e. The highest BCUT2D eigenvalue weighted by Crippen LogP contribution is 2.20. The molecule has 0 saturated carbocycles. The van der Waals surface area contributed by atoms with E-state index in [2.05, 4.69) is 36.2 Å². The van der Waals surface area contributed by atoms with Crippen molar-refractivity contribution in [3.63, 3.8) is 0 Å². The third-order valence-corrected chi connectivity index (χ3v) is 3.90. The van der Waals surface area contributed by atoms with Crippen LogP contribution in [0.1, 0.15) is 30.1 Å². The van der Waals surface area contributed by atoms with Gasteiger partial charge in [-0.2, -0.15) is 0 Å². The summed E-state index contributed by atoms with van der Waals surface area (Å²) >= 11 is 0. The Balaban J connectivity index is 1.60. The van der Waals surface area contributed by atoms with Crippen LogP contribution >= 0.6 is 0 Å². The molecule has 1 aliphatic heterocycles. The Morgan fingerprint density at radius 3 is 2.50 bits per heavy atom. The predicted molar refractivity (Wildman–Crippen MR) is 87.1 cm³/mol. The van der Waals surface area contributed by atoms with Gasteiger partial charge in [0.1, 0.15) is 11.6 Å². The van der Waals surface area contributed by atoms with E-state index in [-0.39, 0.29) is 0 Å². The average molecular weight is 298 g/mol. The molecule has 6 nitrogen and oxygen atoms in total. The molecule has 0 amide bonds. The van der Waals surface area contributed by atoms with Crippen molar-refractivity contribution in [2.45, 2.75) is 39.7 Å². The molecule has 0 atom stereocenters. The molecule has 2 aromatic rings. The zero-order chi connectivity index (χ0) is 15.5. The quantitative estimate of drug-likeness (QED) is 0.937. The second-order valence-electron chi connectivity index (χ2n) is 5.84. The third kappa shape index (κ3) is 3.50. The fraction of sp³-hybridized carbons (Fsp3) is 0.500. The van der Waals surface area contributed by atoms with Crippen molar-refractivity contribution in [2.75, 3.05) is 23.3 Å². The fourth-order valence-electron chi connectivity index (χ4n) is 2.81. The van der Waals surface area contributed by atoms with Crippen molar-refractivity contribution in [3.05, 3.63) is 35.5 Å². The minimum absolute atomic E-state index is 0.419. The Bertz CT molecular complexity index is 629. The first-order valence-corrected chi connectivity index (χ1v) is 7.73. The number of hydrogen-bond donors (Lipinski definition) is 1. The van der Waals surface area contributed by atoms with E-state index in [1.54, 1.807) is 6.20 Å². The summed E-state index contributed by atoms with van der Waals surface area (Å²) in [6.45, 7) is 7.91. The van der Waals surface area contributed by atoms with Crippen LogP contribution < -0.4 is 10.2 Å². The molecule has 1 aliphatic rings. The average Bonchev–Trinajstić information content (AvgIpc) is 2.47. The summed E-state index contributed by atoms with van der Waals surface area (Å²) in [5, 5.41) is 3.43. The summed E-state index contributed by atoms with van der Waals surface area (Å²) in [4.78, 5) is 19.9. The van der Waals surface area contributed by atoms with Crippen LogP contribution in [0.5, 0.6) is 0 Å². The van der Waals surface area contributed by atoms with E-state index in [1.807, 2.05) is 26.8 Å². The molecule has 1 saturated heterocycles. The molecule has 0 aliphatic carbocycles. The van der Waals surface area contributed by atoms with Gasteiger partial charge in [0.15, 0.2) is 0 Å². The summed E-state index contributed by atoms with van der Waals surface area (Å²) in [6.07, 6.45) is 3.91. The highest BCUT2D eigenvalue weighted by atomic mass is 15.2. The summed E-state index contributed by atoms with van der Waals surface area (Å²) in [6, 6.07) is 4.39. The van der Waals surface area contributed by atoms with Crippen molar-refractivity contribution in [3.8, 4) is 0 Å². The zero-order valence-corrected chi connectivity index (χ0v) is 13.4. The van der Waals surface area contributed by atoms with E-state index >= 15 is 0 Å². The van der Waals surface area contributed by atoms with E-state index in [4.69, 9.17) is 0 Å². The van der Waals surface area contributed by atoms with Crippen molar-refractivity contribution < 1.29 is 0 Å². The second-order valence-corrected chi connectivity index (χ2v) is 5.84. The Hall–Kier alpha value is -2.24. The SMILES string of the molecule is Cc1cc(N2CCC(Nc3nccc(C)n3)CC2)nc(C)n1. The zero-order valence-electron chi connectivity index (χ0n) is 13.4. The fourth-order valence-corrected chi connectivity index (χ4v) is 2.81. The molecule has 1 fully saturated rings. The molecule has 0 aromatic carbocycles. The van der Waals surface area contributed by atoms with Gasteiger partial charge in [-0.25, -0.2) is 19.9 Å². The molecule has 3 rings (SSSR count). The van der Waals surface area contributed by atoms with E-state index in [0.717, 1.165) is 54.9 Å². The molecule has 6 heteroatoms. The van der Waals surface area contributed by atoms with Crippen LogP contribution in [-0.2, 0) is 0 Å². The Morgan fingerprint density at radius 1 is 1.05 bits per heavy atom. The first-order valence-electron chi connectivity index (χ1n) is 7.73. The topological polar surface area (TPSA) is 66.8 Å². The van der Waals surface area contributed by atoms with Gasteiger partial charge in [0.25, 0.3) is 0 Å². The van der Waals surface area contributed by atoms with Crippen molar-refractivity contribution in [1.29, 1.82) is 0 Å². The number of rotatable bonds is 3. The number of aryl methyl sites for hydroxylation is 3. The van der Waals surface area contributed by atoms with Crippen LogP contribution in [0.3, 0.4) is 0 Å². The van der Waals surface area contributed by atoms with Crippen LogP contribution in [-0.4, -0.2) is 39.1 Å². The normalized spacial score (nSPS) is 15.9. The Morgan fingerprint density at radius 2 is 1.82 bits per heavy atom. The Labute approximate surface area is 131 Å². The number of aromatic nitrogens is 4. The van der Waals surface area contributed by atoms with Gasteiger partial charge in [0, 0.05) is 42.8 Å². The number of hydrogen-bond acceptors (Lipinski definition) is 6. The van der Waals surface area contributed by atoms with Gasteiger partial charge in [-0.15, -0.1) is 0 Å². The summed E-state index contributed by atoms with van der Waals surface area (Å²) in [5.41, 5.74) is 2.01. The lowest BCUT2D eigenvalue weighted by Crippen LogP contribution is -2.40. The first-order chi connectivity index (χ1) is 10.6. The maximum Gasteiger partial charge on any atom is 0.223 e. The smallest absolute Gasteiger partial charge is 0.223 e. The first kappa shape index (κ1) is 14.7.